The minimum Gasteiger partial charge on any atom is -0.388 e. The van der Waals surface area contributed by atoms with Gasteiger partial charge in [-0.1, -0.05) is 38.5 Å². The highest BCUT2D eigenvalue weighted by Crippen LogP contribution is 2.31. The van der Waals surface area contributed by atoms with Crippen molar-refractivity contribution in [3.63, 3.8) is 0 Å². The maximum Gasteiger partial charge on any atom is 0.309 e. The van der Waals surface area contributed by atoms with Gasteiger partial charge in [0.15, 0.2) is 0 Å². The van der Waals surface area contributed by atoms with Crippen LogP contribution >= 0.6 is 0 Å². The van der Waals surface area contributed by atoms with Crippen molar-refractivity contribution >= 4 is 11.8 Å². The molecule has 0 aliphatic heterocycles. The molecule has 2 aliphatic carbocycles. The Morgan fingerprint density at radius 3 is 1.29 bits per heavy atom. The molecule has 2 amide bonds. The molecular formula is C18H32N2O4. The van der Waals surface area contributed by atoms with Gasteiger partial charge in [0.2, 0.25) is 0 Å². The number of nitrogens with one attached hydrogen (secondary N) is 2. The molecule has 0 aromatic rings. The second-order valence-electron chi connectivity index (χ2n) is 7.72. The first-order valence-corrected chi connectivity index (χ1v) is 9.33. The number of aliphatic hydroxyl groups is 2. The van der Waals surface area contributed by atoms with E-state index in [4.69, 9.17) is 0 Å². The maximum atomic E-state index is 12.1. The molecule has 4 N–H and O–H groups in total. The molecule has 2 saturated carbocycles. The van der Waals surface area contributed by atoms with Crippen molar-refractivity contribution in [2.24, 2.45) is 0 Å². The Balaban J connectivity index is 1.86. The Hall–Kier alpha value is -1.14. The highest BCUT2D eigenvalue weighted by molar-refractivity contribution is 6.35. The van der Waals surface area contributed by atoms with E-state index in [9.17, 15) is 19.8 Å². The molecule has 2 fully saturated rings. The van der Waals surface area contributed by atoms with Gasteiger partial charge >= 0.3 is 11.8 Å². The number of carbonyl (C=O) groups is 2. The van der Waals surface area contributed by atoms with Crippen LogP contribution in [0.4, 0.5) is 0 Å². The smallest absolute Gasteiger partial charge is 0.309 e. The largest absolute Gasteiger partial charge is 0.388 e. The summed E-state index contributed by atoms with van der Waals surface area (Å²) >= 11 is 0. The summed E-state index contributed by atoms with van der Waals surface area (Å²) in [6.45, 7) is 3.49. The Kier molecular flexibility index (Phi) is 6.26. The number of hydrogen-bond acceptors (Lipinski definition) is 4. The molecular weight excluding hydrogens is 308 g/mol. The zero-order valence-corrected chi connectivity index (χ0v) is 14.9. The minimum atomic E-state index is -0.929. The third-order valence-corrected chi connectivity index (χ3v) is 5.95. The van der Waals surface area contributed by atoms with E-state index in [-0.39, 0.29) is 0 Å². The van der Waals surface area contributed by atoms with Crippen molar-refractivity contribution in [1.82, 2.24) is 10.6 Å². The van der Waals surface area contributed by atoms with Crippen LogP contribution in [0.5, 0.6) is 0 Å². The van der Waals surface area contributed by atoms with E-state index < -0.39 is 35.1 Å². The standard InChI is InChI=1S/C18H32N2O4/c1-13(17(23)9-5-3-6-10-17)19-15(21)16(22)20-14(2)18(24)11-7-4-8-12-18/h13-14,23-24H,3-12H2,1-2H3,(H,19,21)(H,20,22)/t13-,14-/m1/s1. The first kappa shape index (κ1) is 19.2. The van der Waals surface area contributed by atoms with Crippen molar-refractivity contribution in [2.75, 3.05) is 0 Å². The lowest BCUT2D eigenvalue weighted by Gasteiger charge is -2.38. The van der Waals surface area contributed by atoms with Gasteiger partial charge in [0.1, 0.15) is 0 Å². The van der Waals surface area contributed by atoms with Gasteiger partial charge in [0.25, 0.3) is 0 Å². The second-order valence-corrected chi connectivity index (χ2v) is 7.72. The summed E-state index contributed by atoms with van der Waals surface area (Å²) in [5, 5.41) is 26.5. The van der Waals surface area contributed by atoms with Crippen LogP contribution in [0.2, 0.25) is 0 Å². The minimum absolute atomic E-state index is 0.468. The van der Waals surface area contributed by atoms with E-state index in [0.717, 1.165) is 38.5 Å². The monoisotopic (exact) mass is 340 g/mol. The van der Waals surface area contributed by atoms with Gasteiger partial charge in [-0.05, 0) is 39.5 Å². The molecule has 6 nitrogen and oxygen atoms in total. The molecule has 0 unspecified atom stereocenters. The summed E-state index contributed by atoms with van der Waals surface area (Å²) in [5.41, 5.74) is -1.86. The van der Waals surface area contributed by atoms with Gasteiger partial charge in [-0.3, -0.25) is 9.59 Å². The summed E-state index contributed by atoms with van der Waals surface area (Å²) in [7, 11) is 0. The fraction of sp³-hybridized carbons (Fsp3) is 0.889. The molecule has 138 valence electrons. The Labute approximate surface area is 144 Å². The molecule has 2 aliphatic rings. The molecule has 6 heteroatoms. The van der Waals surface area contributed by atoms with Crippen molar-refractivity contribution in [1.29, 1.82) is 0 Å². The van der Waals surface area contributed by atoms with Crippen LogP contribution in [0.1, 0.15) is 78.1 Å². The van der Waals surface area contributed by atoms with Gasteiger partial charge in [-0.25, -0.2) is 0 Å². The predicted molar refractivity (Wildman–Crippen MR) is 91.3 cm³/mol. The molecule has 2 rings (SSSR count). The topological polar surface area (TPSA) is 98.7 Å². The molecule has 0 saturated heterocycles. The third kappa shape index (κ3) is 4.48. The zero-order valence-electron chi connectivity index (χ0n) is 14.9. The summed E-state index contributed by atoms with van der Waals surface area (Å²) in [5.74, 6) is -1.49. The lowest BCUT2D eigenvalue weighted by atomic mass is 9.80. The van der Waals surface area contributed by atoms with Crippen LogP contribution in [-0.4, -0.2) is 45.3 Å². The number of amides is 2. The van der Waals surface area contributed by atoms with Gasteiger partial charge < -0.3 is 20.8 Å². The number of hydrogen-bond donors (Lipinski definition) is 4. The van der Waals surface area contributed by atoms with Crippen LogP contribution < -0.4 is 10.6 Å². The molecule has 0 aromatic heterocycles. The van der Waals surface area contributed by atoms with Crippen LogP contribution in [-0.2, 0) is 9.59 Å². The first-order valence-electron chi connectivity index (χ1n) is 9.33. The lowest BCUT2D eigenvalue weighted by molar-refractivity contribution is -0.143. The average Bonchev–Trinajstić information content (AvgIpc) is 2.56. The molecule has 0 aromatic carbocycles. The Morgan fingerprint density at radius 1 is 0.708 bits per heavy atom. The normalized spacial score (nSPS) is 25.3. The molecule has 24 heavy (non-hydrogen) atoms. The average molecular weight is 340 g/mol. The van der Waals surface area contributed by atoms with Gasteiger partial charge in [-0.2, -0.15) is 0 Å². The van der Waals surface area contributed by atoms with Crippen molar-refractivity contribution < 1.29 is 19.8 Å². The van der Waals surface area contributed by atoms with E-state index in [1.807, 2.05) is 0 Å². The first-order chi connectivity index (χ1) is 11.3. The molecule has 0 spiro atoms. The van der Waals surface area contributed by atoms with E-state index in [2.05, 4.69) is 10.6 Å². The molecule has 0 radical (unpaired) electrons. The van der Waals surface area contributed by atoms with E-state index >= 15 is 0 Å². The van der Waals surface area contributed by atoms with E-state index in [0.29, 0.717) is 25.7 Å². The lowest BCUT2D eigenvalue weighted by Crippen LogP contribution is -2.58. The summed E-state index contributed by atoms with van der Waals surface area (Å²) in [6.07, 6.45) is 8.52. The highest BCUT2D eigenvalue weighted by atomic mass is 16.3. The molecule has 0 heterocycles. The second kappa shape index (κ2) is 7.83. The SMILES string of the molecule is C[C@@H](NC(=O)C(=O)N[C@H](C)C1(O)CCCCC1)C1(O)CCCCC1. The van der Waals surface area contributed by atoms with E-state index in [1.165, 1.54) is 0 Å². The molecule has 2 atom stereocenters. The number of carbonyl (C=O) groups excluding carboxylic acids is 2. The van der Waals surface area contributed by atoms with Crippen LogP contribution in [0.3, 0.4) is 0 Å². The van der Waals surface area contributed by atoms with Crippen molar-refractivity contribution in [3.8, 4) is 0 Å². The summed E-state index contributed by atoms with van der Waals surface area (Å²) < 4.78 is 0. The van der Waals surface area contributed by atoms with Crippen LogP contribution in [0.25, 0.3) is 0 Å². The molecule has 0 bridgehead atoms. The fourth-order valence-electron chi connectivity index (χ4n) is 3.99. The highest BCUT2D eigenvalue weighted by Gasteiger charge is 2.39. The van der Waals surface area contributed by atoms with Crippen molar-refractivity contribution in [2.45, 2.75) is 101 Å². The van der Waals surface area contributed by atoms with Gasteiger partial charge in [0.05, 0.1) is 23.3 Å². The number of rotatable bonds is 4. The van der Waals surface area contributed by atoms with Gasteiger partial charge in [-0.15, -0.1) is 0 Å². The quantitative estimate of drug-likeness (QED) is 0.581. The van der Waals surface area contributed by atoms with Crippen molar-refractivity contribution in [3.05, 3.63) is 0 Å². The summed E-state index contributed by atoms with van der Waals surface area (Å²) in [4.78, 5) is 24.3. The van der Waals surface area contributed by atoms with E-state index in [1.54, 1.807) is 13.8 Å². The Morgan fingerprint density at radius 2 is 1.00 bits per heavy atom. The fourth-order valence-corrected chi connectivity index (χ4v) is 3.99. The predicted octanol–water partition coefficient (Wildman–Crippen LogP) is 1.39. The Bertz CT molecular complexity index is 412. The van der Waals surface area contributed by atoms with Crippen LogP contribution in [0.15, 0.2) is 0 Å². The van der Waals surface area contributed by atoms with Crippen LogP contribution in [0, 0.1) is 0 Å². The zero-order chi connectivity index (χ0) is 17.8. The maximum absolute atomic E-state index is 12.1. The third-order valence-electron chi connectivity index (χ3n) is 5.95. The summed E-state index contributed by atoms with van der Waals surface area (Å²) in [6, 6.07) is -0.937. The van der Waals surface area contributed by atoms with Gasteiger partial charge in [0, 0.05) is 0 Å².